The Bertz CT molecular complexity index is 1020. The molecule has 0 atom stereocenters. The van der Waals surface area contributed by atoms with Gasteiger partial charge in [-0.05, 0) is 39.0 Å². The molecule has 0 aliphatic rings. The third kappa shape index (κ3) is 4.55. The molecule has 6 heteroatoms. The van der Waals surface area contributed by atoms with E-state index in [9.17, 15) is 0 Å². The third-order valence-electron chi connectivity index (χ3n) is 4.38. The highest BCUT2D eigenvalue weighted by atomic mass is 16.5. The second-order valence-electron chi connectivity index (χ2n) is 6.82. The van der Waals surface area contributed by atoms with Crippen molar-refractivity contribution in [2.75, 3.05) is 0 Å². The largest absolute Gasteiger partial charge is 0.438 e. The molecule has 0 N–H and O–H groups in total. The highest BCUT2D eigenvalue weighted by Crippen LogP contribution is 2.35. The van der Waals surface area contributed by atoms with Crippen molar-refractivity contribution in [3.05, 3.63) is 89.9 Å². The van der Waals surface area contributed by atoms with Crippen molar-refractivity contribution in [3.63, 3.8) is 0 Å². The maximum absolute atomic E-state index is 6.01. The van der Waals surface area contributed by atoms with E-state index in [1.807, 2.05) is 57.2 Å². The van der Waals surface area contributed by atoms with Gasteiger partial charge in [0.05, 0.1) is 0 Å². The van der Waals surface area contributed by atoms with E-state index < -0.39 is 0 Å². The molecule has 3 aromatic heterocycles. The van der Waals surface area contributed by atoms with Crippen molar-refractivity contribution < 1.29 is 14.2 Å². The van der Waals surface area contributed by atoms with Gasteiger partial charge in [0.15, 0.2) is 0 Å². The monoisotopic (exact) mass is 399 g/mol. The summed E-state index contributed by atoms with van der Waals surface area (Å²) in [5, 5.41) is 0. The molecule has 0 aliphatic heterocycles. The first kappa shape index (κ1) is 19.4. The Morgan fingerprint density at radius 3 is 1.07 bits per heavy atom. The highest BCUT2D eigenvalue weighted by molar-refractivity contribution is 5.47. The molecule has 0 amide bonds. The molecule has 0 saturated carbocycles. The van der Waals surface area contributed by atoms with Gasteiger partial charge < -0.3 is 14.2 Å². The van der Waals surface area contributed by atoms with Crippen molar-refractivity contribution >= 4 is 0 Å². The number of aromatic nitrogens is 3. The molecular formula is C24H21N3O3. The minimum Gasteiger partial charge on any atom is -0.438 e. The molecule has 3 heterocycles. The lowest BCUT2D eigenvalue weighted by atomic mass is 10.2. The van der Waals surface area contributed by atoms with Crippen LogP contribution >= 0.6 is 0 Å². The number of benzene rings is 1. The lowest BCUT2D eigenvalue weighted by Gasteiger charge is -2.14. The molecule has 0 spiro atoms. The van der Waals surface area contributed by atoms with E-state index in [1.165, 1.54) is 0 Å². The lowest BCUT2D eigenvalue weighted by Crippen LogP contribution is -1.96. The van der Waals surface area contributed by atoms with E-state index in [2.05, 4.69) is 15.0 Å². The van der Waals surface area contributed by atoms with Crippen molar-refractivity contribution in [1.29, 1.82) is 0 Å². The molecule has 1 aromatic carbocycles. The van der Waals surface area contributed by atoms with Gasteiger partial charge in [0, 0.05) is 53.5 Å². The van der Waals surface area contributed by atoms with Crippen LogP contribution in [0.5, 0.6) is 34.9 Å². The first-order valence-corrected chi connectivity index (χ1v) is 9.52. The molecule has 0 radical (unpaired) electrons. The Hall–Kier alpha value is -3.93. The van der Waals surface area contributed by atoms with Gasteiger partial charge in [-0.2, -0.15) is 0 Å². The summed E-state index contributed by atoms with van der Waals surface area (Å²) in [5.41, 5.74) is 2.77. The highest BCUT2D eigenvalue weighted by Gasteiger charge is 2.12. The summed E-state index contributed by atoms with van der Waals surface area (Å²) in [7, 11) is 0. The number of rotatable bonds is 6. The zero-order chi connectivity index (χ0) is 20.9. The summed E-state index contributed by atoms with van der Waals surface area (Å²) in [5.74, 6) is 3.15. The van der Waals surface area contributed by atoms with Crippen LogP contribution in [-0.2, 0) is 0 Å². The SMILES string of the molecule is Cc1cccnc1Oc1cc(Oc2ncccc2C)cc(Oc2ncccc2C)c1. The lowest BCUT2D eigenvalue weighted by molar-refractivity contribution is 0.419. The average Bonchev–Trinajstić information content (AvgIpc) is 2.73. The van der Waals surface area contributed by atoms with Crippen LogP contribution in [0.1, 0.15) is 16.7 Å². The topological polar surface area (TPSA) is 66.4 Å². The van der Waals surface area contributed by atoms with Crippen molar-refractivity contribution in [2.45, 2.75) is 20.8 Å². The van der Waals surface area contributed by atoms with Gasteiger partial charge in [0.25, 0.3) is 0 Å². The standard InChI is InChI=1S/C24H21N3O3/c1-16-7-4-10-25-22(16)28-19-13-20(29-23-17(2)8-5-11-26-23)15-21(14-19)30-24-18(3)9-6-12-27-24/h4-15H,1-3H3. The fourth-order valence-electron chi connectivity index (χ4n) is 2.79. The normalized spacial score (nSPS) is 10.5. The molecule has 150 valence electrons. The Balaban J connectivity index is 1.70. The zero-order valence-corrected chi connectivity index (χ0v) is 17.0. The first-order valence-electron chi connectivity index (χ1n) is 9.52. The molecular weight excluding hydrogens is 378 g/mol. The number of ether oxygens (including phenoxy) is 3. The van der Waals surface area contributed by atoms with Crippen LogP contribution in [0.3, 0.4) is 0 Å². The van der Waals surface area contributed by atoms with E-state index >= 15 is 0 Å². The van der Waals surface area contributed by atoms with Gasteiger partial charge in [-0.15, -0.1) is 0 Å². The molecule has 0 aliphatic carbocycles. The van der Waals surface area contributed by atoms with Crippen LogP contribution in [-0.4, -0.2) is 15.0 Å². The van der Waals surface area contributed by atoms with E-state index in [0.717, 1.165) is 16.7 Å². The molecule has 30 heavy (non-hydrogen) atoms. The Labute approximate surface area is 175 Å². The number of aryl methyl sites for hydroxylation is 3. The molecule has 0 bridgehead atoms. The Kier molecular flexibility index (Phi) is 5.57. The van der Waals surface area contributed by atoms with E-state index in [1.54, 1.807) is 36.8 Å². The average molecular weight is 399 g/mol. The summed E-state index contributed by atoms with van der Waals surface area (Å²) in [6.07, 6.45) is 5.07. The van der Waals surface area contributed by atoms with Crippen molar-refractivity contribution in [3.8, 4) is 34.9 Å². The van der Waals surface area contributed by atoms with Gasteiger partial charge in [-0.3, -0.25) is 0 Å². The van der Waals surface area contributed by atoms with Crippen molar-refractivity contribution in [1.82, 2.24) is 15.0 Å². The fraction of sp³-hybridized carbons (Fsp3) is 0.125. The van der Waals surface area contributed by atoms with Crippen LogP contribution in [0.2, 0.25) is 0 Å². The predicted octanol–water partition coefficient (Wildman–Crippen LogP) is 6.17. The minimum atomic E-state index is 0.517. The van der Waals surface area contributed by atoms with Gasteiger partial charge in [-0.1, -0.05) is 18.2 Å². The Morgan fingerprint density at radius 2 is 0.800 bits per heavy atom. The number of pyridine rings is 3. The van der Waals surface area contributed by atoms with Crippen LogP contribution in [0.15, 0.2) is 73.2 Å². The molecule has 0 fully saturated rings. The maximum Gasteiger partial charge on any atom is 0.222 e. The molecule has 6 nitrogen and oxygen atoms in total. The van der Waals surface area contributed by atoms with Crippen LogP contribution < -0.4 is 14.2 Å². The van der Waals surface area contributed by atoms with Crippen LogP contribution in [0.25, 0.3) is 0 Å². The van der Waals surface area contributed by atoms with Gasteiger partial charge in [-0.25, -0.2) is 15.0 Å². The summed E-state index contributed by atoms with van der Waals surface area (Å²) in [4.78, 5) is 12.9. The zero-order valence-electron chi connectivity index (χ0n) is 17.0. The van der Waals surface area contributed by atoms with Gasteiger partial charge in [0.2, 0.25) is 17.6 Å². The number of hydrogen-bond donors (Lipinski definition) is 0. The van der Waals surface area contributed by atoms with Gasteiger partial charge in [0.1, 0.15) is 17.2 Å². The molecule has 4 aromatic rings. The maximum atomic E-state index is 6.01. The second-order valence-corrected chi connectivity index (χ2v) is 6.82. The van der Waals surface area contributed by atoms with Crippen molar-refractivity contribution in [2.24, 2.45) is 0 Å². The molecule has 4 rings (SSSR count). The van der Waals surface area contributed by atoms with Gasteiger partial charge >= 0.3 is 0 Å². The second kappa shape index (κ2) is 8.61. The summed E-state index contributed by atoms with van der Waals surface area (Å²) in [6.45, 7) is 5.82. The van der Waals surface area contributed by atoms with Crippen LogP contribution in [0, 0.1) is 20.8 Å². The predicted molar refractivity (Wildman–Crippen MR) is 114 cm³/mol. The third-order valence-corrected chi connectivity index (χ3v) is 4.38. The fourth-order valence-corrected chi connectivity index (χ4v) is 2.79. The smallest absolute Gasteiger partial charge is 0.222 e. The summed E-state index contributed by atoms with van der Waals surface area (Å²) in [6, 6.07) is 16.7. The first-order chi connectivity index (χ1) is 14.6. The van der Waals surface area contributed by atoms with E-state index in [-0.39, 0.29) is 0 Å². The van der Waals surface area contributed by atoms with E-state index in [4.69, 9.17) is 14.2 Å². The minimum absolute atomic E-state index is 0.517. The summed E-state index contributed by atoms with van der Waals surface area (Å²) < 4.78 is 18.0. The molecule has 0 unspecified atom stereocenters. The summed E-state index contributed by atoms with van der Waals surface area (Å²) >= 11 is 0. The van der Waals surface area contributed by atoms with E-state index in [0.29, 0.717) is 34.9 Å². The quantitative estimate of drug-likeness (QED) is 0.386. The van der Waals surface area contributed by atoms with Crippen LogP contribution in [0.4, 0.5) is 0 Å². The molecule has 0 saturated heterocycles. The number of hydrogen-bond acceptors (Lipinski definition) is 6. The Morgan fingerprint density at radius 1 is 0.500 bits per heavy atom. The number of nitrogens with zero attached hydrogens (tertiary/aromatic N) is 3.